The lowest BCUT2D eigenvalue weighted by molar-refractivity contribution is -0.126. The minimum absolute atomic E-state index is 0.0228. The van der Waals surface area contributed by atoms with Crippen LogP contribution in [0.5, 0.6) is 0 Å². The molecule has 0 aliphatic carbocycles. The highest BCUT2D eigenvalue weighted by atomic mass is 32.2. The van der Waals surface area contributed by atoms with Gasteiger partial charge in [-0.25, -0.2) is 8.42 Å². The number of piperidine rings is 2. The number of sulfonamides is 1. The van der Waals surface area contributed by atoms with Crippen LogP contribution in [0, 0.1) is 5.92 Å². The van der Waals surface area contributed by atoms with Crippen LogP contribution in [-0.2, 0) is 27.9 Å². The van der Waals surface area contributed by atoms with Crippen LogP contribution in [0.3, 0.4) is 0 Å². The Kier molecular flexibility index (Phi) is 7.43. The Morgan fingerprint density at radius 3 is 2.45 bits per heavy atom. The van der Waals surface area contributed by atoms with Gasteiger partial charge in [-0.05, 0) is 61.3 Å². The minimum Gasteiger partial charge on any atom is -0.352 e. The zero-order valence-corrected chi connectivity index (χ0v) is 19.5. The van der Waals surface area contributed by atoms with E-state index in [0.717, 1.165) is 12.1 Å². The molecule has 0 unspecified atom stereocenters. The van der Waals surface area contributed by atoms with Gasteiger partial charge in [0.15, 0.2) is 0 Å². The summed E-state index contributed by atoms with van der Waals surface area (Å²) in [5.74, 6) is -0.110. The van der Waals surface area contributed by atoms with Crippen molar-refractivity contribution in [2.24, 2.45) is 5.92 Å². The van der Waals surface area contributed by atoms with Crippen molar-refractivity contribution in [3.63, 3.8) is 0 Å². The average Bonchev–Trinajstić information content (AvgIpc) is 3.35. The monoisotopic (exact) mass is 461 g/mol. The number of amides is 1. The standard InChI is InChI=1S/C23H31N3O3S2/c27-23(21-9-13-26(14-10-21)31(28,29)22-8-5-15-30-22)24-17-19-6-4-7-20(16-19)18-25-11-2-1-3-12-25/h4-8,15-16,21H,1-3,9-14,17-18H2,(H,24,27). The van der Waals surface area contributed by atoms with Crippen molar-refractivity contribution < 1.29 is 13.2 Å². The molecular weight excluding hydrogens is 430 g/mol. The number of rotatable bonds is 7. The van der Waals surface area contributed by atoms with E-state index in [0.29, 0.717) is 36.7 Å². The van der Waals surface area contributed by atoms with Crippen molar-refractivity contribution in [3.05, 3.63) is 52.9 Å². The Hall–Kier alpha value is -1.74. The van der Waals surface area contributed by atoms with Crippen molar-refractivity contribution in [2.45, 2.75) is 49.4 Å². The summed E-state index contributed by atoms with van der Waals surface area (Å²) in [4.78, 5) is 15.2. The molecule has 3 heterocycles. The quantitative estimate of drug-likeness (QED) is 0.686. The molecule has 2 saturated heterocycles. The summed E-state index contributed by atoms with van der Waals surface area (Å²) in [5, 5.41) is 4.83. The van der Waals surface area contributed by atoms with E-state index < -0.39 is 10.0 Å². The van der Waals surface area contributed by atoms with Gasteiger partial charge < -0.3 is 5.32 Å². The zero-order chi connectivity index (χ0) is 21.7. The Labute approximate surface area is 189 Å². The largest absolute Gasteiger partial charge is 0.352 e. The van der Waals surface area contributed by atoms with E-state index in [1.807, 2.05) is 0 Å². The topological polar surface area (TPSA) is 69.7 Å². The van der Waals surface area contributed by atoms with Crippen LogP contribution in [0.2, 0.25) is 0 Å². The molecule has 2 fully saturated rings. The van der Waals surface area contributed by atoms with Crippen LogP contribution in [0.1, 0.15) is 43.2 Å². The second-order valence-corrected chi connectivity index (χ2v) is 11.6. The zero-order valence-electron chi connectivity index (χ0n) is 17.8. The van der Waals surface area contributed by atoms with Crippen molar-refractivity contribution in [2.75, 3.05) is 26.2 Å². The molecule has 0 radical (unpaired) electrons. The Morgan fingerprint density at radius 1 is 1.00 bits per heavy atom. The van der Waals surface area contributed by atoms with Crippen molar-refractivity contribution in [1.82, 2.24) is 14.5 Å². The molecule has 31 heavy (non-hydrogen) atoms. The third kappa shape index (κ3) is 5.74. The molecular formula is C23H31N3O3S2. The molecule has 1 N–H and O–H groups in total. The van der Waals surface area contributed by atoms with Crippen LogP contribution < -0.4 is 5.32 Å². The van der Waals surface area contributed by atoms with Gasteiger partial charge in [-0.15, -0.1) is 11.3 Å². The molecule has 0 saturated carbocycles. The van der Waals surface area contributed by atoms with Crippen LogP contribution in [0.25, 0.3) is 0 Å². The number of likely N-dealkylation sites (tertiary alicyclic amines) is 1. The van der Waals surface area contributed by atoms with Crippen LogP contribution >= 0.6 is 11.3 Å². The lowest BCUT2D eigenvalue weighted by atomic mass is 9.97. The molecule has 2 aliphatic heterocycles. The summed E-state index contributed by atoms with van der Waals surface area (Å²) in [6, 6.07) is 11.8. The first-order valence-electron chi connectivity index (χ1n) is 11.1. The fourth-order valence-corrected chi connectivity index (χ4v) is 7.06. The number of hydrogen-bond acceptors (Lipinski definition) is 5. The Balaban J connectivity index is 1.26. The number of thiophene rings is 1. The highest BCUT2D eigenvalue weighted by Crippen LogP contribution is 2.26. The second-order valence-electron chi connectivity index (χ2n) is 8.49. The maximum atomic E-state index is 12.7. The number of nitrogens with zero attached hydrogens (tertiary/aromatic N) is 2. The molecule has 8 heteroatoms. The van der Waals surface area contributed by atoms with E-state index >= 15 is 0 Å². The van der Waals surface area contributed by atoms with Gasteiger partial charge >= 0.3 is 0 Å². The first-order chi connectivity index (χ1) is 15.0. The second kappa shape index (κ2) is 10.3. The number of hydrogen-bond donors (Lipinski definition) is 1. The van der Waals surface area contributed by atoms with Gasteiger partial charge in [0.25, 0.3) is 10.0 Å². The van der Waals surface area contributed by atoms with E-state index in [4.69, 9.17) is 0 Å². The van der Waals surface area contributed by atoms with Crippen molar-refractivity contribution in [3.8, 4) is 0 Å². The molecule has 2 aliphatic rings. The number of carbonyl (C=O) groups excluding carboxylic acids is 1. The molecule has 168 valence electrons. The lowest BCUT2D eigenvalue weighted by Gasteiger charge is -2.30. The summed E-state index contributed by atoms with van der Waals surface area (Å²) in [5.41, 5.74) is 2.40. The summed E-state index contributed by atoms with van der Waals surface area (Å²) < 4.78 is 27.2. The lowest BCUT2D eigenvalue weighted by Crippen LogP contribution is -2.42. The highest BCUT2D eigenvalue weighted by Gasteiger charge is 2.32. The molecule has 4 rings (SSSR count). The SMILES string of the molecule is O=C(NCc1cccc(CN2CCCCC2)c1)C1CCN(S(=O)(=O)c2cccs2)CC1. The maximum Gasteiger partial charge on any atom is 0.252 e. The molecule has 6 nitrogen and oxygen atoms in total. The molecule has 0 atom stereocenters. The fourth-order valence-electron chi connectivity index (χ4n) is 4.44. The first kappa shape index (κ1) is 22.5. The van der Waals surface area contributed by atoms with E-state index in [-0.39, 0.29) is 11.8 Å². The molecule has 1 aromatic carbocycles. The van der Waals surface area contributed by atoms with Crippen molar-refractivity contribution in [1.29, 1.82) is 0 Å². The maximum absolute atomic E-state index is 12.7. The van der Waals surface area contributed by atoms with Gasteiger partial charge in [0.05, 0.1) is 0 Å². The van der Waals surface area contributed by atoms with Gasteiger partial charge in [0.2, 0.25) is 5.91 Å². The fraction of sp³-hybridized carbons (Fsp3) is 0.522. The van der Waals surface area contributed by atoms with Gasteiger partial charge in [0, 0.05) is 32.1 Å². The molecule has 1 aromatic heterocycles. The van der Waals surface area contributed by atoms with Crippen molar-refractivity contribution >= 4 is 27.3 Å². The third-order valence-corrected chi connectivity index (χ3v) is 9.50. The van der Waals surface area contributed by atoms with E-state index in [1.54, 1.807) is 17.5 Å². The van der Waals surface area contributed by atoms with E-state index in [9.17, 15) is 13.2 Å². The normalized spacial score (nSPS) is 19.4. The molecule has 1 amide bonds. The van der Waals surface area contributed by atoms with E-state index in [1.165, 1.54) is 53.6 Å². The summed E-state index contributed by atoms with van der Waals surface area (Å²) in [7, 11) is -3.42. The average molecular weight is 462 g/mol. The van der Waals surface area contributed by atoms with Gasteiger partial charge in [-0.1, -0.05) is 36.8 Å². The Morgan fingerprint density at radius 2 is 1.74 bits per heavy atom. The molecule has 0 bridgehead atoms. The van der Waals surface area contributed by atoms with Gasteiger partial charge in [-0.2, -0.15) is 4.31 Å². The summed E-state index contributed by atoms with van der Waals surface area (Å²) in [6.45, 7) is 4.61. The molecule has 0 spiro atoms. The first-order valence-corrected chi connectivity index (χ1v) is 13.5. The third-order valence-electron chi connectivity index (χ3n) is 6.23. The summed E-state index contributed by atoms with van der Waals surface area (Å²) >= 11 is 1.24. The minimum atomic E-state index is -3.42. The van der Waals surface area contributed by atoms with E-state index in [2.05, 4.69) is 34.5 Å². The van der Waals surface area contributed by atoms with Crippen LogP contribution in [0.15, 0.2) is 46.0 Å². The number of benzene rings is 1. The predicted molar refractivity (Wildman–Crippen MR) is 123 cm³/mol. The smallest absolute Gasteiger partial charge is 0.252 e. The van der Waals surface area contributed by atoms with Gasteiger partial charge in [-0.3, -0.25) is 9.69 Å². The highest BCUT2D eigenvalue weighted by molar-refractivity contribution is 7.91. The molecule has 2 aromatic rings. The van der Waals surface area contributed by atoms with Crippen LogP contribution in [-0.4, -0.2) is 49.7 Å². The van der Waals surface area contributed by atoms with Crippen LogP contribution in [0.4, 0.5) is 0 Å². The summed E-state index contributed by atoms with van der Waals surface area (Å²) in [6.07, 6.45) is 5.02. The Bertz CT molecular complexity index is 962. The number of nitrogens with one attached hydrogen (secondary N) is 1. The number of carbonyl (C=O) groups is 1. The predicted octanol–water partition coefficient (Wildman–Crippen LogP) is 3.45. The van der Waals surface area contributed by atoms with Gasteiger partial charge in [0.1, 0.15) is 4.21 Å².